The molecule has 1 aromatic heterocycles. The summed E-state index contributed by atoms with van der Waals surface area (Å²) >= 11 is 0. The molecule has 0 aliphatic heterocycles. The molecule has 2 amide bonds. The van der Waals surface area contributed by atoms with Gasteiger partial charge in [-0.05, 0) is 55.3 Å². The molecule has 3 N–H and O–H groups in total. The lowest BCUT2D eigenvalue weighted by Gasteiger charge is -2.16. The number of ether oxygens (including phenoxy) is 1. The van der Waals surface area contributed by atoms with Crippen LogP contribution in [0.4, 0.5) is 13.2 Å². The van der Waals surface area contributed by atoms with E-state index in [4.69, 9.17) is 10.5 Å². The number of nitrogens with zero attached hydrogens (tertiary/aromatic N) is 2. The standard InChI is InChI=1S/C23H23F3N4O3/c1-14-9-15(2)30(29-14)18-6-5-17(20(11-18)23(24,25)26)12-28-22(32)13-33-19-7-3-16(4-8-19)10-21(27)31/h3-9,11H,10,12-13H2,1-2H3,(H2,27,31)(H,28,32). The molecular formula is C23H23F3N4O3. The molecule has 0 saturated heterocycles. The molecule has 174 valence electrons. The fourth-order valence-corrected chi connectivity index (χ4v) is 3.30. The van der Waals surface area contributed by atoms with Gasteiger partial charge < -0.3 is 15.8 Å². The van der Waals surface area contributed by atoms with Crippen LogP contribution in [0, 0.1) is 13.8 Å². The van der Waals surface area contributed by atoms with E-state index in [1.165, 1.54) is 16.8 Å². The summed E-state index contributed by atoms with van der Waals surface area (Å²) in [6.45, 7) is 2.83. The Morgan fingerprint density at radius 2 is 1.79 bits per heavy atom. The molecule has 3 rings (SSSR count). The van der Waals surface area contributed by atoms with Crippen LogP contribution in [-0.2, 0) is 28.7 Å². The van der Waals surface area contributed by atoms with Crippen LogP contribution in [0.5, 0.6) is 5.75 Å². The van der Waals surface area contributed by atoms with Gasteiger partial charge in [-0.25, -0.2) is 4.68 Å². The topological polar surface area (TPSA) is 99.2 Å². The maximum atomic E-state index is 13.7. The van der Waals surface area contributed by atoms with Gasteiger partial charge in [-0.1, -0.05) is 18.2 Å². The smallest absolute Gasteiger partial charge is 0.416 e. The average Bonchev–Trinajstić information content (AvgIpc) is 3.08. The van der Waals surface area contributed by atoms with Crippen molar-refractivity contribution in [1.82, 2.24) is 15.1 Å². The van der Waals surface area contributed by atoms with Crippen LogP contribution in [0.1, 0.15) is 28.1 Å². The van der Waals surface area contributed by atoms with Gasteiger partial charge in [0.1, 0.15) is 5.75 Å². The third kappa shape index (κ3) is 6.34. The van der Waals surface area contributed by atoms with E-state index >= 15 is 0 Å². The molecule has 0 atom stereocenters. The number of alkyl halides is 3. The summed E-state index contributed by atoms with van der Waals surface area (Å²) in [4.78, 5) is 23.0. The van der Waals surface area contributed by atoms with Crippen molar-refractivity contribution < 1.29 is 27.5 Å². The van der Waals surface area contributed by atoms with Crippen molar-refractivity contribution in [3.05, 3.63) is 76.6 Å². The quantitative estimate of drug-likeness (QED) is 0.539. The second-order valence-electron chi connectivity index (χ2n) is 7.53. The van der Waals surface area contributed by atoms with Gasteiger partial charge in [-0.15, -0.1) is 0 Å². The Hall–Kier alpha value is -3.82. The monoisotopic (exact) mass is 460 g/mol. The number of hydrogen-bond acceptors (Lipinski definition) is 4. The van der Waals surface area contributed by atoms with Gasteiger partial charge in [0, 0.05) is 12.2 Å². The van der Waals surface area contributed by atoms with Crippen LogP contribution < -0.4 is 15.8 Å². The van der Waals surface area contributed by atoms with Crippen LogP contribution in [0.15, 0.2) is 48.5 Å². The van der Waals surface area contributed by atoms with Crippen molar-refractivity contribution in [2.45, 2.75) is 33.0 Å². The summed E-state index contributed by atoms with van der Waals surface area (Å²) in [6.07, 6.45) is -4.52. The predicted molar refractivity (Wildman–Crippen MR) is 115 cm³/mol. The first-order valence-electron chi connectivity index (χ1n) is 10.0. The largest absolute Gasteiger partial charge is 0.484 e. The number of nitrogens with two attached hydrogens (primary N) is 1. The zero-order chi connectivity index (χ0) is 24.2. The van der Waals surface area contributed by atoms with E-state index in [2.05, 4.69) is 10.4 Å². The van der Waals surface area contributed by atoms with E-state index in [9.17, 15) is 22.8 Å². The number of aromatic nitrogens is 2. The molecule has 0 radical (unpaired) electrons. The van der Waals surface area contributed by atoms with Gasteiger partial charge in [0.25, 0.3) is 5.91 Å². The molecule has 7 nitrogen and oxygen atoms in total. The van der Waals surface area contributed by atoms with Gasteiger partial charge in [-0.2, -0.15) is 18.3 Å². The molecule has 0 aliphatic rings. The summed E-state index contributed by atoms with van der Waals surface area (Å²) in [7, 11) is 0. The first-order valence-corrected chi connectivity index (χ1v) is 10.0. The normalized spacial score (nSPS) is 11.3. The lowest BCUT2D eigenvalue weighted by Crippen LogP contribution is -2.29. The van der Waals surface area contributed by atoms with E-state index in [1.54, 1.807) is 44.2 Å². The molecule has 0 spiro atoms. The minimum absolute atomic E-state index is 0.0723. The SMILES string of the molecule is Cc1cc(C)n(-c2ccc(CNC(=O)COc3ccc(CC(N)=O)cc3)c(C(F)(F)F)c2)n1. The lowest BCUT2D eigenvalue weighted by molar-refractivity contribution is -0.138. The fourth-order valence-electron chi connectivity index (χ4n) is 3.30. The third-order valence-corrected chi connectivity index (χ3v) is 4.80. The van der Waals surface area contributed by atoms with Gasteiger partial charge in [0.05, 0.1) is 23.4 Å². The van der Waals surface area contributed by atoms with Crippen LogP contribution in [0.2, 0.25) is 0 Å². The number of benzene rings is 2. The molecule has 0 bridgehead atoms. The number of halogens is 3. The minimum Gasteiger partial charge on any atom is -0.484 e. The molecule has 0 aliphatic carbocycles. The van der Waals surface area contributed by atoms with Crippen molar-refractivity contribution >= 4 is 11.8 Å². The summed E-state index contributed by atoms with van der Waals surface area (Å²) in [6, 6.07) is 12.1. The minimum atomic E-state index is -4.60. The van der Waals surface area contributed by atoms with Crippen LogP contribution in [-0.4, -0.2) is 28.2 Å². The fraction of sp³-hybridized carbons (Fsp3) is 0.261. The van der Waals surface area contributed by atoms with Crippen LogP contribution >= 0.6 is 0 Å². The lowest BCUT2D eigenvalue weighted by atomic mass is 10.1. The summed E-state index contributed by atoms with van der Waals surface area (Å²) in [5.41, 5.74) is 6.59. The Kier molecular flexibility index (Phi) is 7.05. The number of rotatable bonds is 8. The number of carbonyl (C=O) groups excluding carboxylic acids is 2. The molecule has 1 heterocycles. The second-order valence-corrected chi connectivity index (χ2v) is 7.53. The zero-order valence-electron chi connectivity index (χ0n) is 18.1. The van der Waals surface area contributed by atoms with E-state index in [0.717, 1.165) is 6.07 Å². The summed E-state index contributed by atoms with van der Waals surface area (Å²) < 4.78 is 47.8. The number of amides is 2. The van der Waals surface area contributed by atoms with E-state index in [0.29, 0.717) is 22.7 Å². The molecule has 0 unspecified atom stereocenters. The maximum absolute atomic E-state index is 13.7. The van der Waals surface area contributed by atoms with Crippen molar-refractivity contribution in [3.63, 3.8) is 0 Å². The van der Waals surface area contributed by atoms with Gasteiger partial charge in [0.15, 0.2) is 6.61 Å². The molecule has 2 aromatic carbocycles. The molecule has 3 aromatic rings. The highest BCUT2D eigenvalue weighted by Crippen LogP contribution is 2.33. The van der Waals surface area contributed by atoms with Crippen molar-refractivity contribution in [2.24, 2.45) is 5.73 Å². The number of aryl methyl sites for hydroxylation is 2. The highest BCUT2D eigenvalue weighted by molar-refractivity contribution is 5.77. The van der Waals surface area contributed by atoms with Crippen LogP contribution in [0.3, 0.4) is 0 Å². The Balaban J connectivity index is 1.64. The molecular weight excluding hydrogens is 437 g/mol. The Morgan fingerprint density at radius 1 is 1.09 bits per heavy atom. The highest BCUT2D eigenvalue weighted by Gasteiger charge is 2.34. The Bertz CT molecular complexity index is 1150. The summed E-state index contributed by atoms with van der Waals surface area (Å²) in [5, 5.41) is 6.67. The van der Waals surface area contributed by atoms with Crippen LogP contribution in [0.25, 0.3) is 5.69 Å². The predicted octanol–water partition coefficient (Wildman–Crippen LogP) is 3.23. The second kappa shape index (κ2) is 9.76. The average molecular weight is 460 g/mol. The van der Waals surface area contributed by atoms with Gasteiger partial charge in [0.2, 0.25) is 5.91 Å². The van der Waals surface area contributed by atoms with Gasteiger partial charge >= 0.3 is 6.18 Å². The van der Waals surface area contributed by atoms with E-state index < -0.39 is 23.6 Å². The third-order valence-electron chi connectivity index (χ3n) is 4.80. The first-order chi connectivity index (χ1) is 15.5. The first kappa shape index (κ1) is 23.8. The van der Waals surface area contributed by atoms with Crippen molar-refractivity contribution in [3.8, 4) is 11.4 Å². The summed E-state index contributed by atoms with van der Waals surface area (Å²) in [5.74, 6) is -0.667. The van der Waals surface area contributed by atoms with E-state index in [-0.39, 0.29) is 30.8 Å². The number of carbonyl (C=O) groups is 2. The zero-order valence-corrected chi connectivity index (χ0v) is 18.1. The van der Waals surface area contributed by atoms with Crippen molar-refractivity contribution in [2.75, 3.05) is 6.61 Å². The van der Waals surface area contributed by atoms with Gasteiger partial charge in [-0.3, -0.25) is 9.59 Å². The highest BCUT2D eigenvalue weighted by atomic mass is 19.4. The Morgan fingerprint density at radius 3 is 2.36 bits per heavy atom. The number of hydrogen-bond donors (Lipinski definition) is 2. The molecule has 33 heavy (non-hydrogen) atoms. The number of primary amides is 1. The molecule has 0 saturated carbocycles. The molecule has 10 heteroatoms. The molecule has 0 fully saturated rings. The number of nitrogens with one attached hydrogen (secondary N) is 1. The van der Waals surface area contributed by atoms with Crippen molar-refractivity contribution in [1.29, 1.82) is 0 Å². The maximum Gasteiger partial charge on any atom is 0.416 e. The Labute approximate surface area is 188 Å². The van der Waals surface area contributed by atoms with E-state index in [1.807, 2.05) is 0 Å².